The Morgan fingerprint density at radius 1 is 0.500 bits per heavy atom. The molecule has 7 aromatic carbocycles. The van der Waals surface area contributed by atoms with Crippen LogP contribution in [0, 0.1) is 0 Å². The summed E-state index contributed by atoms with van der Waals surface area (Å²) in [4.78, 5) is 32.7. The van der Waals surface area contributed by atoms with Gasteiger partial charge in [-0.1, -0.05) is 107 Å². The zero-order chi connectivity index (χ0) is 60.8. The number of aromatic carboxylic acids is 1. The molecule has 0 aliphatic carbocycles. The second-order valence-electron chi connectivity index (χ2n) is 19.2. The van der Waals surface area contributed by atoms with E-state index in [2.05, 4.69) is 77.4 Å². The lowest BCUT2D eigenvalue weighted by atomic mass is 10.1. The molecule has 2 N–H and O–H groups in total. The molecule has 0 spiro atoms. The molecule has 9 rings (SSSR count). The van der Waals surface area contributed by atoms with Gasteiger partial charge in [-0.3, -0.25) is 0 Å². The van der Waals surface area contributed by atoms with E-state index in [4.69, 9.17) is 37.9 Å². The molecule has 2 heterocycles. The largest absolute Gasteiger partial charge is 0.507 e. The fourth-order valence-electron chi connectivity index (χ4n) is 9.06. The molecule has 86 heavy (non-hydrogen) atoms. The highest BCUT2D eigenvalue weighted by atomic mass is 79.9. The number of hydrogen-bond acceptors (Lipinski definition) is 17. The number of phenolic OH excluding ortho intramolecular Hbond substituents is 1. The topological polar surface area (TPSA) is 200 Å². The van der Waals surface area contributed by atoms with Crippen molar-refractivity contribution >= 4 is 66.9 Å². The number of methoxy groups -OCH3 is 1. The van der Waals surface area contributed by atoms with Crippen molar-refractivity contribution in [1.29, 1.82) is 0 Å². The molecule has 0 bridgehead atoms. The highest BCUT2D eigenvalue weighted by Crippen LogP contribution is 2.41. The van der Waals surface area contributed by atoms with E-state index in [1.54, 1.807) is 42.5 Å². The Morgan fingerprint density at radius 2 is 0.953 bits per heavy atom. The maximum atomic E-state index is 12.3. The number of para-hydroxylation sites is 2. The number of benzene rings is 7. The average Bonchev–Trinajstić information content (AvgIpc) is 2.95. The summed E-state index contributed by atoms with van der Waals surface area (Å²) < 4.78 is 57.7. The highest BCUT2D eigenvalue weighted by Gasteiger charge is 2.21. The number of aryl methyl sites for hydroxylation is 2. The first kappa shape index (κ1) is 64.0. The Kier molecular flexibility index (Phi) is 24.1. The molecule has 0 unspecified atom stereocenters. The molecule has 0 atom stereocenters. The monoisotopic (exact) mass is 1330 g/mol. The van der Waals surface area contributed by atoms with Gasteiger partial charge in [0.15, 0.2) is 0 Å². The molecule has 448 valence electrons. The predicted octanol–water partition coefficient (Wildman–Crippen LogP) is 17.0. The molecular formula is C66H66Br2N4O12S2. The number of ether oxygens (including phenoxy) is 8. The molecule has 0 aliphatic heterocycles. The summed E-state index contributed by atoms with van der Waals surface area (Å²) in [7, 11) is 1.36. The Balaban J connectivity index is 0.000000227. The Hall–Kier alpha value is -8.04. The molecule has 20 heteroatoms. The van der Waals surface area contributed by atoms with Crippen LogP contribution in [0.5, 0.6) is 57.5 Å². The van der Waals surface area contributed by atoms with Gasteiger partial charge >= 0.3 is 11.9 Å². The fourth-order valence-corrected chi connectivity index (χ4v) is 11.3. The van der Waals surface area contributed by atoms with E-state index in [1.165, 1.54) is 36.2 Å². The molecule has 0 saturated heterocycles. The standard InChI is InChI=1S/C37H37BrN2O6S.C29H29BrN2O6S/c1-4-13-27-30(18-11-19-31(27)46-32-17-10-9-16-28(32)36(41)42-3)43-20-12-21-44-33-23-34(45-24-25-14-7-6-8-15-25)29(22-26(33)5-2)35-39-37(38)40-47-35;1-3-9-19-23(12-7-13-24(19)38-25-11-6-5-10-20(25)28(34)35)36-14-8-15-37-26-17-22(33)21(16-18(26)4-2)27-31-29(30)32-39-27/h6-11,14-19,22-23H,4-5,12-13,20-21,24H2,1-3H3;5-7,10-13,16-17,33H,3-4,8-9,14-15H2,1-2H3,(H,34,35). The predicted molar refractivity (Wildman–Crippen MR) is 341 cm³/mol. The van der Waals surface area contributed by atoms with E-state index >= 15 is 0 Å². The zero-order valence-electron chi connectivity index (χ0n) is 48.3. The van der Waals surface area contributed by atoms with E-state index in [0.717, 1.165) is 82.0 Å². The van der Waals surface area contributed by atoms with Crippen molar-refractivity contribution in [1.82, 2.24) is 18.7 Å². The van der Waals surface area contributed by atoms with Crippen LogP contribution in [0.4, 0.5) is 0 Å². The smallest absolute Gasteiger partial charge is 0.341 e. The third-order valence-electron chi connectivity index (χ3n) is 13.2. The van der Waals surface area contributed by atoms with E-state index < -0.39 is 11.9 Å². The van der Waals surface area contributed by atoms with Crippen molar-refractivity contribution < 1.29 is 57.7 Å². The van der Waals surface area contributed by atoms with Crippen LogP contribution in [0.15, 0.2) is 149 Å². The van der Waals surface area contributed by atoms with Crippen LogP contribution in [-0.4, -0.2) is 74.4 Å². The summed E-state index contributed by atoms with van der Waals surface area (Å²) in [5, 5.41) is 21.5. The summed E-state index contributed by atoms with van der Waals surface area (Å²) in [6, 6.07) is 42.5. The minimum Gasteiger partial charge on any atom is -0.507 e. The molecule has 16 nitrogen and oxygen atoms in total. The maximum Gasteiger partial charge on any atom is 0.341 e. The lowest BCUT2D eigenvalue weighted by Crippen LogP contribution is -2.08. The number of carboxylic acids is 1. The SMILES string of the molecule is CCCc1c(OCCCOc2cc(O)c(-c3nc(Br)ns3)cc2CC)cccc1Oc1ccccc1C(=O)O.CCCc1c(OCCCOc2cc(OCc3ccccc3)c(-c3nc(Br)ns3)cc2CC)cccc1Oc1ccccc1C(=O)OC. The number of aromatic nitrogens is 4. The number of carbonyl (C=O) groups is 2. The number of nitrogens with zero attached hydrogens (tertiary/aromatic N) is 4. The molecule has 0 amide bonds. The first-order valence-corrected chi connectivity index (χ1v) is 31.3. The van der Waals surface area contributed by atoms with Gasteiger partial charge in [0.1, 0.15) is 85.2 Å². The molecule has 0 saturated carbocycles. The number of aromatic hydroxyl groups is 1. The van der Waals surface area contributed by atoms with Crippen LogP contribution in [-0.2, 0) is 37.0 Å². The van der Waals surface area contributed by atoms with Crippen molar-refractivity contribution in [3.63, 3.8) is 0 Å². The maximum absolute atomic E-state index is 12.3. The van der Waals surface area contributed by atoms with Crippen LogP contribution in [0.25, 0.3) is 21.1 Å². The van der Waals surface area contributed by atoms with E-state index in [9.17, 15) is 19.8 Å². The Morgan fingerprint density at radius 3 is 1.45 bits per heavy atom. The second kappa shape index (κ2) is 32.5. The number of halogens is 2. The minimum absolute atomic E-state index is 0.0904. The number of carbonyl (C=O) groups excluding carboxylic acids is 1. The number of esters is 1. The van der Waals surface area contributed by atoms with Crippen molar-refractivity contribution in [3.05, 3.63) is 188 Å². The van der Waals surface area contributed by atoms with Crippen LogP contribution in [0.2, 0.25) is 0 Å². The number of rotatable bonds is 29. The van der Waals surface area contributed by atoms with Crippen LogP contribution >= 0.6 is 54.9 Å². The summed E-state index contributed by atoms with van der Waals surface area (Å²) >= 11 is 9.16. The van der Waals surface area contributed by atoms with Gasteiger partial charge in [0.05, 0.1) is 44.7 Å². The summed E-state index contributed by atoms with van der Waals surface area (Å²) in [5.41, 5.74) is 6.91. The lowest BCUT2D eigenvalue weighted by Gasteiger charge is -2.18. The van der Waals surface area contributed by atoms with Gasteiger partial charge in [-0.25, -0.2) is 19.6 Å². The summed E-state index contributed by atoms with van der Waals surface area (Å²) in [6.45, 7) is 10.5. The normalized spacial score (nSPS) is 10.8. The first-order chi connectivity index (χ1) is 41.9. The van der Waals surface area contributed by atoms with E-state index in [1.807, 2.05) is 91.9 Å². The van der Waals surface area contributed by atoms with Gasteiger partial charge < -0.3 is 48.1 Å². The van der Waals surface area contributed by atoms with Gasteiger partial charge in [-0.05, 0) is 158 Å². The zero-order valence-corrected chi connectivity index (χ0v) is 53.1. The highest BCUT2D eigenvalue weighted by molar-refractivity contribution is 9.10. The molecule has 0 radical (unpaired) electrons. The molecule has 9 aromatic rings. The number of hydrogen-bond donors (Lipinski definition) is 2. The average molecular weight is 1330 g/mol. The van der Waals surface area contributed by atoms with Gasteiger partial charge in [-0.2, -0.15) is 8.75 Å². The quantitative estimate of drug-likeness (QED) is 0.0331. The summed E-state index contributed by atoms with van der Waals surface area (Å²) in [6.07, 6.45) is 6.04. The van der Waals surface area contributed by atoms with Crippen LogP contribution in [0.3, 0.4) is 0 Å². The van der Waals surface area contributed by atoms with Crippen LogP contribution < -0.4 is 33.2 Å². The van der Waals surface area contributed by atoms with Gasteiger partial charge in [0.2, 0.25) is 9.47 Å². The molecule has 0 fully saturated rings. The van der Waals surface area contributed by atoms with Gasteiger partial charge in [0, 0.05) is 36.1 Å². The van der Waals surface area contributed by atoms with Crippen molar-refractivity contribution in [2.24, 2.45) is 0 Å². The Bertz CT molecular complexity index is 3690. The minimum atomic E-state index is -1.04. The second-order valence-corrected chi connectivity index (χ2v) is 22.1. The van der Waals surface area contributed by atoms with Crippen molar-refractivity contribution in [3.8, 4) is 78.6 Å². The summed E-state index contributed by atoms with van der Waals surface area (Å²) in [5.74, 6) is 4.07. The van der Waals surface area contributed by atoms with Crippen LogP contribution in [0.1, 0.15) is 102 Å². The Labute approximate surface area is 525 Å². The first-order valence-electron chi connectivity index (χ1n) is 28.2. The van der Waals surface area contributed by atoms with Gasteiger partial charge in [-0.15, -0.1) is 0 Å². The van der Waals surface area contributed by atoms with Gasteiger partial charge in [0.25, 0.3) is 0 Å². The van der Waals surface area contributed by atoms with Crippen molar-refractivity contribution in [2.75, 3.05) is 33.5 Å². The third-order valence-corrected chi connectivity index (χ3v) is 15.9. The van der Waals surface area contributed by atoms with E-state index in [-0.39, 0.29) is 17.1 Å². The lowest BCUT2D eigenvalue weighted by molar-refractivity contribution is 0.0596. The fraction of sp³-hybridized carbons (Fsp3) is 0.273. The third kappa shape index (κ3) is 17.3. The number of carboxylic acid groups (broad SMARTS) is 1. The molecular weight excluding hydrogens is 1260 g/mol. The molecule has 0 aliphatic rings. The van der Waals surface area contributed by atoms with Crippen molar-refractivity contribution in [2.45, 2.75) is 85.7 Å². The number of phenols is 1. The van der Waals surface area contributed by atoms with E-state index in [0.29, 0.717) is 112 Å². The molecule has 2 aromatic heterocycles.